The van der Waals surface area contributed by atoms with Crippen LogP contribution >= 0.6 is 11.3 Å². The van der Waals surface area contributed by atoms with Gasteiger partial charge in [0, 0.05) is 36.1 Å². The summed E-state index contributed by atoms with van der Waals surface area (Å²) < 4.78 is 6.06. The van der Waals surface area contributed by atoms with E-state index in [4.69, 9.17) is 9.73 Å². The van der Waals surface area contributed by atoms with E-state index in [-0.39, 0.29) is 5.60 Å². The lowest BCUT2D eigenvalue weighted by atomic mass is 10.1. The molecule has 0 aliphatic rings. The van der Waals surface area contributed by atoms with Crippen LogP contribution in [0.15, 0.2) is 34.6 Å². The number of hydrogen-bond donors (Lipinski definition) is 2. The van der Waals surface area contributed by atoms with Crippen LogP contribution < -0.4 is 15.4 Å². The van der Waals surface area contributed by atoms with Crippen LogP contribution in [0.25, 0.3) is 0 Å². The van der Waals surface area contributed by atoms with Gasteiger partial charge in [-0.1, -0.05) is 18.2 Å². The van der Waals surface area contributed by atoms with E-state index in [1.807, 2.05) is 25.1 Å². The summed E-state index contributed by atoms with van der Waals surface area (Å²) in [6.07, 6.45) is 2.02. The average Bonchev–Trinajstić information content (AvgIpc) is 3.01. The maximum absolute atomic E-state index is 6.06. The van der Waals surface area contributed by atoms with E-state index in [1.165, 1.54) is 5.01 Å². The number of para-hydroxylation sites is 1. The van der Waals surface area contributed by atoms with E-state index in [0.29, 0.717) is 6.54 Å². The number of hydrogen-bond acceptors (Lipinski definition) is 4. The molecule has 0 amide bonds. The zero-order valence-electron chi connectivity index (χ0n) is 17.1. The second-order valence-corrected chi connectivity index (χ2v) is 8.37. The molecule has 0 radical (unpaired) electrons. The highest BCUT2D eigenvalue weighted by molar-refractivity contribution is 7.09. The van der Waals surface area contributed by atoms with Gasteiger partial charge in [-0.3, -0.25) is 0 Å². The second-order valence-electron chi connectivity index (χ2n) is 7.43. The van der Waals surface area contributed by atoms with Gasteiger partial charge in [-0.15, -0.1) is 11.3 Å². The van der Waals surface area contributed by atoms with Gasteiger partial charge in [0.25, 0.3) is 0 Å². The van der Waals surface area contributed by atoms with Crippen LogP contribution in [0, 0.1) is 6.92 Å². The highest BCUT2D eigenvalue weighted by Crippen LogP contribution is 2.23. The van der Waals surface area contributed by atoms with Crippen molar-refractivity contribution in [2.75, 3.05) is 13.1 Å². The van der Waals surface area contributed by atoms with Crippen molar-refractivity contribution in [3.05, 3.63) is 45.9 Å². The van der Waals surface area contributed by atoms with Crippen LogP contribution in [0.5, 0.6) is 5.75 Å². The largest absolute Gasteiger partial charge is 0.488 e. The molecule has 0 fully saturated rings. The fourth-order valence-corrected chi connectivity index (χ4v) is 3.35. The molecule has 148 valence electrons. The normalized spacial score (nSPS) is 12.1. The molecule has 0 aliphatic carbocycles. The minimum atomic E-state index is -0.225. The Labute approximate surface area is 167 Å². The maximum atomic E-state index is 6.06. The molecule has 2 rings (SSSR count). The van der Waals surface area contributed by atoms with Crippen LogP contribution in [-0.4, -0.2) is 29.6 Å². The fourth-order valence-electron chi connectivity index (χ4n) is 2.53. The van der Waals surface area contributed by atoms with Gasteiger partial charge in [-0.25, -0.2) is 9.98 Å². The molecule has 6 heteroatoms. The van der Waals surface area contributed by atoms with E-state index in [2.05, 4.69) is 54.8 Å². The molecule has 2 aromatic rings. The van der Waals surface area contributed by atoms with E-state index in [1.54, 1.807) is 11.3 Å². The van der Waals surface area contributed by atoms with E-state index >= 15 is 0 Å². The average molecular weight is 389 g/mol. The van der Waals surface area contributed by atoms with Gasteiger partial charge in [0.2, 0.25) is 0 Å². The number of nitrogens with zero attached hydrogens (tertiary/aromatic N) is 2. The monoisotopic (exact) mass is 388 g/mol. The van der Waals surface area contributed by atoms with Crippen molar-refractivity contribution in [3.63, 3.8) is 0 Å². The molecule has 0 saturated carbocycles. The Morgan fingerprint density at radius 3 is 2.67 bits per heavy atom. The molecule has 27 heavy (non-hydrogen) atoms. The highest BCUT2D eigenvalue weighted by Gasteiger charge is 2.14. The molecular formula is C21H32N4OS. The van der Waals surface area contributed by atoms with Crippen molar-refractivity contribution in [3.8, 4) is 5.75 Å². The summed E-state index contributed by atoms with van der Waals surface area (Å²) in [5.74, 6) is 1.72. The van der Waals surface area contributed by atoms with Gasteiger partial charge >= 0.3 is 0 Å². The first kappa shape index (κ1) is 21.2. The summed E-state index contributed by atoms with van der Waals surface area (Å²) in [4.78, 5) is 9.23. The van der Waals surface area contributed by atoms with E-state index in [9.17, 15) is 0 Å². The molecule has 1 aromatic heterocycles. The van der Waals surface area contributed by atoms with Crippen molar-refractivity contribution in [2.45, 2.75) is 59.6 Å². The van der Waals surface area contributed by atoms with Gasteiger partial charge in [0.1, 0.15) is 11.4 Å². The Balaban J connectivity index is 1.91. The molecule has 1 aromatic carbocycles. The summed E-state index contributed by atoms with van der Waals surface area (Å²) in [5.41, 5.74) is 1.97. The third kappa shape index (κ3) is 7.99. The number of benzene rings is 1. The summed E-state index contributed by atoms with van der Waals surface area (Å²) in [5, 5.41) is 10.0. The quantitative estimate of drug-likeness (QED) is 0.402. The molecule has 0 aliphatic heterocycles. The Hall–Kier alpha value is -2.08. The van der Waals surface area contributed by atoms with Gasteiger partial charge < -0.3 is 15.4 Å². The zero-order valence-corrected chi connectivity index (χ0v) is 17.9. The lowest BCUT2D eigenvalue weighted by Gasteiger charge is -2.23. The predicted molar refractivity (Wildman–Crippen MR) is 115 cm³/mol. The minimum Gasteiger partial charge on any atom is -0.488 e. The Bertz CT molecular complexity index is 734. The van der Waals surface area contributed by atoms with Gasteiger partial charge in [-0.05, 0) is 47.1 Å². The SMILES string of the molecule is CCNC(=NCc1ccccc1OC(C)(C)C)NCCCc1nc(C)cs1. The number of aromatic nitrogens is 1. The van der Waals surface area contributed by atoms with Gasteiger partial charge in [0.15, 0.2) is 5.96 Å². The molecule has 5 nitrogen and oxygen atoms in total. The number of aliphatic imine (C=N–C) groups is 1. The van der Waals surface area contributed by atoms with Crippen LogP contribution in [0.4, 0.5) is 0 Å². The predicted octanol–water partition coefficient (Wildman–Crippen LogP) is 4.32. The van der Waals surface area contributed by atoms with Crippen LogP contribution in [0.3, 0.4) is 0 Å². The van der Waals surface area contributed by atoms with Crippen molar-refractivity contribution < 1.29 is 4.74 Å². The molecule has 0 atom stereocenters. The summed E-state index contributed by atoms with van der Waals surface area (Å²) in [6, 6.07) is 8.10. The lowest BCUT2D eigenvalue weighted by Crippen LogP contribution is -2.37. The number of aryl methyl sites for hydroxylation is 2. The maximum Gasteiger partial charge on any atom is 0.191 e. The Morgan fingerprint density at radius 1 is 1.22 bits per heavy atom. The summed E-state index contributed by atoms with van der Waals surface area (Å²) in [7, 11) is 0. The number of guanidine groups is 1. The molecule has 0 spiro atoms. The van der Waals surface area contributed by atoms with Gasteiger partial charge in [0.05, 0.1) is 11.6 Å². The smallest absolute Gasteiger partial charge is 0.191 e. The number of ether oxygens (including phenoxy) is 1. The third-order valence-corrected chi connectivity index (χ3v) is 4.69. The van der Waals surface area contributed by atoms with Crippen LogP contribution in [0.1, 0.15) is 50.4 Å². The topological polar surface area (TPSA) is 58.5 Å². The van der Waals surface area contributed by atoms with E-state index in [0.717, 1.165) is 48.9 Å². The standard InChI is InChI=1S/C21H32N4OS/c1-6-22-20(23-13-9-12-19-25-16(2)15-27-19)24-14-17-10-7-8-11-18(17)26-21(3,4)5/h7-8,10-11,15H,6,9,12-14H2,1-5H3,(H2,22,23,24). The van der Waals surface area contributed by atoms with Crippen molar-refractivity contribution in [1.29, 1.82) is 0 Å². The molecular weight excluding hydrogens is 356 g/mol. The number of rotatable bonds is 8. The van der Waals surface area contributed by atoms with Gasteiger partial charge in [-0.2, -0.15) is 0 Å². The van der Waals surface area contributed by atoms with Crippen LogP contribution in [-0.2, 0) is 13.0 Å². The van der Waals surface area contributed by atoms with Crippen molar-refractivity contribution >= 4 is 17.3 Å². The van der Waals surface area contributed by atoms with E-state index < -0.39 is 0 Å². The molecule has 0 bridgehead atoms. The Kier molecular flexibility index (Phi) is 8.10. The second kappa shape index (κ2) is 10.3. The third-order valence-electron chi connectivity index (χ3n) is 3.67. The fraction of sp³-hybridized carbons (Fsp3) is 0.524. The van der Waals surface area contributed by atoms with Crippen molar-refractivity contribution in [2.24, 2.45) is 4.99 Å². The first-order chi connectivity index (χ1) is 12.9. The van der Waals surface area contributed by atoms with Crippen LogP contribution in [0.2, 0.25) is 0 Å². The molecule has 0 saturated heterocycles. The summed E-state index contributed by atoms with van der Waals surface area (Å²) in [6.45, 7) is 12.6. The highest BCUT2D eigenvalue weighted by atomic mass is 32.1. The number of thiazole rings is 1. The lowest BCUT2D eigenvalue weighted by molar-refractivity contribution is 0.129. The molecule has 2 N–H and O–H groups in total. The number of nitrogens with one attached hydrogen (secondary N) is 2. The first-order valence-corrected chi connectivity index (χ1v) is 10.5. The zero-order chi connectivity index (χ0) is 19.7. The summed E-state index contributed by atoms with van der Waals surface area (Å²) >= 11 is 1.73. The molecule has 1 heterocycles. The molecule has 0 unspecified atom stereocenters. The first-order valence-electron chi connectivity index (χ1n) is 9.57. The Morgan fingerprint density at radius 2 is 2.00 bits per heavy atom. The van der Waals surface area contributed by atoms with Crippen molar-refractivity contribution in [1.82, 2.24) is 15.6 Å². The minimum absolute atomic E-state index is 0.225.